The van der Waals surface area contributed by atoms with Gasteiger partial charge in [0.05, 0.1) is 23.9 Å². The molecule has 6 nitrogen and oxygen atoms in total. The van der Waals surface area contributed by atoms with Crippen LogP contribution >= 0.6 is 0 Å². The first-order chi connectivity index (χ1) is 10.3. The fourth-order valence-corrected chi connectivity index (χ4v) is 3.47. The number of aryl methyl sites for hydroxylation is 1. The van der Waals surface area contributed by atoms with Gasteiger partial charge in [0.1, 0.15) is 17.0 Å². The topological polar surface area (TPSA) is 67.8 Å². The average molecular weight is 285 g/mol. The predicted molar refractivity (Wildman–Crippen MR) is 81.4 cm³/mol. The van der Waals surface area contributed by atoms with Crippen LogP contribution in [0.15, 0.2) is 18.5 Å². The van der Waals surface area contributed by atoms with Gasteiger partial charge >= 0.3 is 0 Å². The maximum Gasteiger partial charge on any atom is 0.139 e. The summed E-state index contributed by atoms with van der Waals surface area (Å²) in [6, 6.07) is 2.38. The summed E-state index contributed by atoms with van der Waals surface area (Å²) in [5.41, 5.74) is 3.02. The highest BCUT2D eigenvalue weighted by Gasteiger charge is 2.29. The number of imidazole rings is 1. The minimum absolute atomic E-state index is 0.164. The Morgan fingerprint density at radius 2 is 2.33 bits per heavy atom. The van der Waals surface area contributed by atoms with Crippen LogP contribution in [-0.2, 0) is 4.74 Å². The lowest BCUT2D eigenvalue weighted by Gasteiger charge is -2.33. The van der Waals surface area contributed by atoms with E-state index in [1.54, 1.807) is 7.11 Å². The van der Waals surface area contributed by atoms with Crippen LogP contribution in [0.2, 0.25) is 0 Å². The van der Waals surface area contributed by atoms with Crippen molar-refractivity contribution in [3.8, 4) is 0 Å². The summed E-state index contributed by atoms with van der Waals surface area (Å²) < 4.78 is 8.03. The molecule has 0 aliphatic carbocycles. The van der Waals surface area contributed by atoms with Gasteiger partial charge in [-0.15, -0.1) is 0 Å². The van der Waals surface area contributed by atoms with E-state index in [9.17, 15) is 0 Å². The van der Waals surface area contributed by atoms with Crippen molar-refractivity contribution in [3.63, 3.8) is 0 Å². The van der Waals surface area contributed by atoms with Crippen molar-refractivity contribution in [2.45, 2.75) is 25.5 Å². The van der Waals surface area contributed by atoms with E-state index in [2.05, 4.69) is 32.8 Å². The number of methoxy groups -OCH3 is 1. The Balaban J connectivity index is 1.98. The normalized spacial score (nSPS) is 23.1. The highest BCUT2D eigenvalue weighted by Crippen LogP contribution is 2.31. The fraction of sp³-hybridized carbons (Fsp3) is 0.467. The van der Waals surface area contributed by atoms with Crippen molar-refractivity contribution >= 4 is 22.1 Å². The molecule has 3 aromatic rings. The number of pyridine rings is 1. The third-order valence-corrected chi connectivity index (χ3v) is 4.44. The first-order valence-corrected chi connectivity index (χ1v) is 7.33. The lowest BCUT2D eigenvalue weighted by atomic mass is 10.0. The molecule has 6 heteroatoms. The van der Waals surface area contributed by atoms with Crippen LogP contribution in [-0.4, -0.2) is 45.8 Å². The third kappa shape index (κ3) is 1.86. The van der Waals surface area contributed by atoms with Crippen LogP contribution in [0.4, 0.5) is 0 Å². The zero-order valence-corrected chi connectivity index (χ0v) is 12.3. The van der Waals surface area contributed by atoms with E-state index < -0.39 is 0 Å². The number of rotatable bonds is 2. The first-order valence-electron chi connectivity index (χ1n) is 7.33. The second-order valence-electron chi connectivity index (χ2n) is 5.60. The summed E-state index contributed by atoms with van der Waals surface area (Å²) >= 11 is 0. The Bertz CT molecular complexity index is 790. The van der Waals surface area contributed by atoms with E-state index in [1.807, 2.05) is 12.4 Å². The van der Waals surface area contributed by atoms with Gasteiger partial charge in [-0.2, -0.15) is 0 Å². The fourth-order valence-electron chi connectivity index (χ4n) is 3.47. The molecule has 0 aromatic carbocycles. The highest BCUT2D eigenvalue weighted by atomic mass is 16.5. The third-order valence-electron chi connectivity index (χ3n) is 4.44. The number of nitrogens with zero attached hydrogens (tertiary/aromatic N) is 3. The van der Waals surface area contributed by atoms with Crippen LogP contribution in [0, 0.1) is 6.92 Å². The van der Waals surface area contributed by atoms with E-state index in [0.717, 1.165) is 47.4 Å². The molecule has 4 rings (SSSR count). The van der Waals surface area contributed by atoms with Gasteiger partial charge < -0.3 is 19.6 Å². The van der Waals surface area contributed by atoms with E-state index in [0.29, 0.717) is 6.04 Å². The Hall–Kier alpha value is -1.92. The molecule has 2 unspecified atom stereocenters. The molecule has 0 radical (unpaired) electrons. The van der Waals surface area contributed by atoms with Crippen LogP contribution in [0.3, 0.4) is 0 Å². The van der Waals surface area contributed by atoms with Gasteiger partial charge in [0, 0.05) is 25.2 Å². The molecule has 1 saturated heterocycles. The lowest BCUT2D eigenvalue weighted by Crippen LogP contribution is -2.43. The molecule has 1 aliphatic rings. The smallest absolute Gasteiger partial charge is 0.139 e. The number of hydrogen-bond donors (Lipinski definition) is 2. The van der Waals surface area contributed by atoms with Crippen molar-refractivity contribution in [2.24, 2.45) is 0 Å². The molecule has 1 aliphatic heterocycles. The molecule has 2 N–H and O–H groups in total. The van der Waals surface area contributed by atoms with Crippen LogP contribution in [0.1, 0.15) is 18.3 Å². The van der Waals surface area contributed by atoms with Crippen molar-refractivity contribution < 1.29 is 4.74 Å². The zero-order valence-electron chi connectivity index (χ0n) is 12.3. The minimum atomic E-state index is 0.164. The Labute approximate surface area is 122 Å². The van der Waals surface area contributed by atoms with Gasteiger partial charge in [0.25, 0.3) is 0 Å². The summed E-state index contributed by atoms with van der Waals surface area (Å²) in [6.07, 6.45) is 4.98. The van der Waals surface area contributed by atoms with Gasteiger partial charge in [0.15, 0.2) is 0 Å². The maximum atomic E-state index is 5.69. The number of ether oxygens (including phenoxy) is 1. The zero-order chi connectivity index (χ0) is 14.4. The standard InChI is InChI=1S/C15H19N5O/c1-9-19-11-7-18-15-10(3-6-17-15)14(11)20(9)12-4-5-16-8-13(12)21-2/h3,6-7,12-13,16H,4-5,8H2,1-2H3,(H,17,18). The number of aromatic amines is 1. The molecule has 0 spiro atoms. The largest absolute Gasteiger partial charge is 0.378 e. The van der Waals surface area contributed by atoms with E-state index in [4.69, 9.17) is 9.72 Å². The Morgan fingerprint density at radius 3 is 3.19 bits per heavy atom. The van der Waals surface area contributed by atoms with Gasteiger partial charge in [0.2, 0.25) is 0 Å². The average Bonchev–Trinajstić information content (AvgIpc) is 3.09. The second kappa shape index (κ2) is 4.82. The van der Waals surface area contributed by atoms with E-state index in [1.165, 1.54) is 0 Å². The van der Waals surface area contributed by atoms with Crippen LogP contribution in [0.5, 0.6) is 0 Å². The summed E-state index contributed by atoms with van der Waals surface area (Å²) in [7, 11) is 1.78. The Kier molecular flexibility index (Phi) is 2.94. The summed E-state index contributed by atoms with van der Waals surface area (Å²) in [5, 5.41) is 4.53. The van der Waals surface area contributed by atoms with Crippen molar-refractivity contribution in [2.75, 3.05) is 20.2 Å². The van der Waals surface area contributed by atoms with Crippen molar-refractivity contribution in [3.05, 3.63) is 24.3 Å². The van der Waals surface area contributed by atoms with Crippen molar-refractivity contribution in [1.82, 2.24) is 24.8 Å². The number of aromatic nitrogens is 4. The molecule has 0 saturated carbocycles. The van der Waals surface area contributed by atoms with Crippen molar-refractivity contribution in [1.29, 1.82) is 0 Å². The minimum Gasteiger partial charge on any atom is -0.378 e. The van der Waals surface area contributed by atoms with E-state index in [-0.39, 0.29) is 6.10 Å². The molecule has 3 aromatic heterocycles. The second-order valence-corrected chi connectivity index (χ2v) is 5.60. The lowest BCUT2D eigenvalue weighted by molar-refractivity contribution is 0.0398. The molecule has 0 amide bonds. The predicted octanol–water partition coefficient (Wildman–Crippen LogP) is 1.77. The van der Waals surface area contributed by atoms with Crippen LogP contribution < -0.4 is 5.32 Å². The number of H-pyrrole nitrogens is 1. The van der Waals surface area contributed by atoms with Gasteiger partial charge in [-0.25, -0.2) is 9.97 Å². The molecular formula is C15H19N5O. The molecule has 1 fully saturated rings. The van der Waals surface area contributed by atoms with E-state index >= 15 is 0 Å². The summed E-state index contributed by atoms with van der Waals surface area (Å²) in [6.45, 7) is 3.94. The summed E-state index contributed by atoms with van der Waals surface area (Å²) in [4.78, 5) is 12.3. The van der Waals surface area contributed by atoms with Gasteiger partial charge in [-0.05, 0) is 26.0 Å². The highest BCUT2D eigenvalue weighted by molar-refractivity contribution is 6.01. The van der Waals surface area contributed by atoms with Gasteiger partial charge in [-0.3, -0.25) is 0 Å². The number of nitrogens with one attached hydrogen (secondary N) is 2. The van der Waals surface area contributed by atoms with Crippen LogP contribution in [0.25, 0.3) is 22.1 Å². The number of piperidine rings is 1. The van der Waals surface area contributed by atoms with Gasteiger partial charge in [-0.1, -0.05) is 0 Å². The molecule has 2 atom stereocenters. The molecule has 4 heterocycles. The molecule has 0 bridgehead atoms. The quantitative estimate of drug-likeness (QED) is 0.753. The molecule has 110 valence electrons. The summed E-state index contributed by atoms with van der Waals surface area (Å²) in [5.74, 6) is 1.02. The SMILES string of the molecule is COC1CNCCC1n1c(C)nc2cnc3[nH]ccc3c21. The first kappa shape index (κ1) is 12.8. The molecule has 21 heavy (non-hydrogen) atoms. The molecular weight excluding hydrogens is 266 g/mol. The Morgan fingerprint density at radius 1 is 1.43 bits per heavy atom. The number of hydrogen-bond acceptors (Lipinski definition) is 4. The maximum absolute atomic E-state index is 5.69. The number of fused-ring (bicyclic) bond motifs is 3. The monoisotopic (exact) mass is 285 g/mol.